The van der Waals surface area contributed by atoms with Gasteiger partial charge in [0.2, 0.25) is 0 Å². The van der Waals surface area contributed by atoms with Gasteiger partial charge in [-0.2, -0.15) is 0 Å². The highest BCUT2D eigenvalue weighted by atomic mass is 16.4. The lowest BCUT2D eigenvalue weighted by atomic mass is 10.0. The van der Waals surface area contributed by atoms with E-state index in [-0.39, 0.29) is 5.91 Å². The van der Waals surface area contributed by atoms with Crippen molar-refractivity contribution in [1.82, 2.24) is 10.3 Å². The first-order valence-electron chi connectivity index (χ1n) is 7.44. The van der Waals surface area contributed by atoms with E-state index < -0.39 is 17.9 Å². The molecule has 120 valence electrons. The molecule has 0 saturated carbocycles. The van der Waals surface area contributed by atoms with E-state index in [4.69, 9.17) is 5.11 Å². The van der Waals surface area contributed by atoms with Gasteiger partial charge in [-0.05, 0) is 32.4 Å². The molecule has 0 saturated heterocycles. The van der Waals surface area contributed by atoms with Gasteiger partial charge in [0.15, 0.2) is 0 Å². The summed E-state index contributed by atoms with van der Waals surface area (Å²) in [6.07, 6.45) is 3.18. The summed E-state index contributed by atoms with van der Waals surface area (Å²) in [5.41, 5.74) is 3.37. The van der Waals surface area contributed by atoms with Crippen LogP contribution in [0.1, 0.15) is 29.8 Å². The van der Waals surface area contributed by atoms with Crippen molar-refractivity contribution in [3.8, 4) is 11.1 Å². The maximum atomic E-state index is 12.3. The van der Waals surface area contributed by atoms with Gasteiger partial charge in [-0.3, -0.25) is 14.6 Å². The van der Waals surface area contributed by atoms with Crippen LogP contribution in [0.3, 0.4) is 0 Å². The van der Waals surface area contributed by atoms with Gasteiger partial charge in [0.05, 0.1) is 11.5 Å². The molecule has 0 aliphatic heterocycles. The van der Waals surface area contributed by atoms with Gasteiger partial charge in [0.25, 0.3) is 5.91 Å². The van der Waals surface area contributed by atoms with Crippen molar-refractivity contribution >= 4 is 11.9 Å². The lowest BCUT2D eigenvalue weighted by Crippen LogP contribution is -2.40. The second kappa shape index (κ2) is 7.05. The van der Waals surface area contributed by atoms with Gasteiger partial charge in [0, 0.05) is 24.0 Å². The number of aryl methyl sites for hydroxylation is 1. The van der Waals surface area contributed by atoms with Crippen molar-refractivity contribution in [2.45, 2.75) is 26.8 Å². The Hall–Kier alpha value is -2.69. The fraction of sp³-hybridized carbons (Fsp3) is 0.278. The fourth-order valence-corrected chi connectivity index (χ4v) is 2.18. The zero-order chi connectivity index (χ0) is 17.0. The van der Waals surface area contributed by atoms with E-state index in [0.717, 1.165) is 16.7 Å². The van der Waals surface area contributed by atoms with E-state index >= 15 is 0 Å². The standard InChI is InChI=1S/C18H20N2O3/c1-11-5-4-6-14(7-11)15-8-16(10-19-9-15)17(21)20-13(3)12(2)18(22)23/h4-10,12-13H,1-3H3,(H,20,21)(H,22,23). The van der Waals surface area contributed by atoms with Crippen LogP contribution in [-0.4, -0.2) is 28.0 Å². The second-order valence-corrected chi connectivity index (χ2v) is 5.72. The Morgan fingerprint density at radius 1 is 1.13 bits per heavy atom. The summed E-state index contributed by atoms with van der Waals surface area (Å²) < 4.78 is 0. The van der Waals surface area contributed by atoms with E-state index in [0.29, 0.717) is 5.56 Å². The molecular weight excluding hydrogens is 292 g/mol. The minimum Gasteiger partial charge on any atom is -0.481 e. The number of benzene rings is 1. The number of carboxylic acids is 1. The lowest BCUT2D eigenvalue weighted by Gasteiger charge is -2.17. The first-order valence-corrected chi connectivity index (χ1v) is 7.44. The minimum absolute atomic E-state index is 0.326. The molecule has 0 aliphatic carbocycles. The number of amides is 1. The van der Waals surface area contributed by atoms with Gasteiger partial charge in [-0.15, -0.1) is 0 Å². The van der Waals surface area contributed by atoms with Crippen LogP contribution >= 0.6 is 0 Å². The molecule has 1 amide bonds. The number of rotatable bonds is 5. The Kier molecular flexibility index (Phi) is 5.11. The molecule has 1 heterocycles. The van der Waals surface area contributed by atoms with Crippen LogP contribution in [0.15, 0.2) is 42.7 Å². The highest BCUT2D eigenvalue weighted by Gasteiger charge is 2.21. The van der Waals surface area contributed by atoms with Gasteiger partial charge in [-0.25, -0.2) is 0 Å². The van der Waals surface area contributed by atoms with Crippen molar-refractivity contribution < 1.29 is 14.7 Å². The Morgan fingerprint density at radius 2 is 1.87 bits per heavy atom. The van der Waals surface area contributed by atoms with Crippen molar-refractivity contribution in [2.75, 3.05) is 0 Å². The maximum Gasteiger partial charge on any atom is 0.308 e. The molecule has 5 nitrogen and oxygen atoms in total. The van der Waals surface area contributed by atoms with Gasteiger partial charge in [0.1, 0.15) is 0 Å². The van der Waals surface area contributed by atoms with Crippen molar-refractivity contribution in [2.24, 2.45) is 5.92 Å². The van der Waals surface area contributed by atoms with Crippen LogP contribution in [-0.2, 0) is 4.79 Å². The molecule has 5 heteroatoms. The minimum atomic E-state index is -0.940. The number of nitrogens with one attached hydrogen (secondary N) is 1. The van der Waals surface area contributed by atoms with Crippen LogP contribution in [0.25, 0.3) is 11.1 Å². The summed E-state index contributed by atoms with van der Waals surface area (Å²) in [4.78, 5) is 27.4. The molecule has 2 unspecified atom stereocenters. The van der Waals surface area contributed by atoms with E-state index in [2.05, 4.69) is 10.3 Å². The number of hydrogen-bond donors (Lipinski definition) is 2. The smallest absolute Gasteiger partial charge is 0.308 e. The molecule has 2 atom stereocenters. The van der Waals surface area contributed by atoms with Crippen LogP contribution in [0.5, 0.6) is 0 Å². The maximum absolute atomic E-state index is 12.3. The third-order valence-corrected chi connectivity index (χ3v) is 3.85. The largest absolute Gasteiger partial charge is 0.481 e. The lowest BCUT2D eigenvalue weighted by molar-refractivity contribution is -0.141. The molecule has 2 N–H and O–H groups in total. The first kappa shape index (κ1) is 16.7. The predicted molar refractivity (Wildman–Crippen MR) is 88.1 cm³/mol. The summed E-state index contributed by atoms with van der Waals surface area (Å²) in [6.45, 7) is 5.24. The number of hydrogen-bond acceptors (Lipinski definition) is 3. The van der Waals surface area contributed by atoms with Crippen molar-refractivity contribution in [3.63, 3.8) is 0 Å². The normalized spacial score (nSPS) is 13.2. The molecule has 0 fully saturated rings. The van der Waals surface area contributed by atoms with Crippen molar-refractivity contribution in [3.05, 3.63) is 53.9 Å². The van der Waals surface area contributed by atoms with Gasteiger partial charge >= 0.3 is 5.97 Å². The van der Waals surface area contributed by atoms with Gasteiger partial charge < -0.3 is 10.4 Å². The SMILES string of the molecule is Cc1cccc(-c2cncc(C(=O)NC(C)C(C)C(=O)O)c2)c1. The Bertz CT molecular complexity index is 728. The van der Waals surface area contributed by atoms with E-state index in [1.165, 1.54) is 6.20 Å². The summed E-state index contributed by atoms with van der Waals surface area (Å²) >= 11 is 0. The second-order valence-electron chi connectivity index (χ2n) is 5.72. The Labute approximate surface area is 135 Å². The molecule has 0 bridgehead atoms. The zero-order valence-corrected chi connectivity index (χ0v) is 13.4. The fourth-order valence-electron chi connectivity index (χ4n) is 2.18. The molecule has 0 spiro atoms. The van der Waals surface area contributed by atoms with Crippen LogP contribution < -0.4 is 5.32 Å². The molecule has 0 radical (unpaired) electrons. The Morgan fingerprint density at radius 3 is 2.52 bits per heavy atom. The topological polar surface area (TPSA) is 79.3 Å². The number of carbonyl (C=O) groups excluding carboxylic acids is 1. The predicted octanol–water partition coefficient (Wildman–Crippen LogP) is 2.90. The molecule has 1 aromatic carbocycles. The summed E-state index contributed by atoms with van der Waals surface area (Å²) in [7, 11) is 0. The first-order chi connectivity index (χ1) is 10.9. The highest BCUT2D eigenvalue weighted by Crippen LogP contribution is 2.20. The molecule has 2 aromatic rings. The quantitative estimate of drug-likeness (QED) is 0.889. The number of aromatic nitrogens is 1. The summed E-state index contributed by atoms with van der Waals surface area (Å²) in [5, 5.41) is 11.7. The van der Waals surface area contributed by atoms with E-state index in [1.54, 1.807) is 26.1 Å². The molecule has 2 rings (SSSR count). The third-order valence-electron chi connectivity index (χ3n) is 3.85. The Balaban J connectivity index is 2.19. The summed E-state index contributed by atoms with van der Waals surface area (Å²) in [6, 6.07) is 9.23. The molecule has 1 aromatic heterocycles. The molecule has 0 aliphatic rings. The average Bonchev–Trinajstić information content (AvgIpc) is 2.54. The monoisotopic (exact) mass is 312 g/mol. The molecule has 23 heavy (non-hydrogen) atoms. The van der Waals surface area contributed by atoms with E-state index in [9.17, 15) is 9.59 Å². The number of nitrogens with zero attached hydrogens (tertiary/aromatic N) is 1. The van der Waals surface area contributed by atoms with Crippen LogP contribution in [0.4, 0.5) is 0 Å². The zero-order valence-electron chi connectivity index (χ0n) is 13.4. The molecular formula is C18H20N2O3. The van der Waals surface area contributed by atoms with E-state index in [1.807, 2.05) is 31.2 Å². The number of carbonyl (C=O) groups is 2. The number of aliphatic carboxylic acids is 1. The summed E-state index contributed by atoms with van der Waals surface area (Å²) in [5.74, 6) is -1.93. The number of carboxylic acid groups (broad SMARTS) is 1. The highest BCUT2D eigenvalue weighted by molar-refractivity contribution is 5.95. The average molecular weight is 312 g/mol. The van der Waals surface area contributed by atoms with Crippen LogP contribution in [0.2, 0.25) is 0 Å². The third kappa shape index (κ3) is 4.16. The number of pyridine rings is 1. The van der Waals surface area contributed by atoms with Gasteiger partial charge in [-0.1, -0.05) is 29.8 Å². The van der Waals surface area contributed by atoms with Crippen LogP contribution in [0, 0.1) is 12.8 Å². The van der Waals surface area contributed by atoms with Crippen molar-refractivity contribution in [1.29, 1.82) is 0 Å².